The van der Waals surface area contributed by atoms with E-state index in [1.165, 1.54) is 0 Å². The van der Waals surface area contributed by atoms with E-state index in [1.807, 2.05) is 31.2 Å². The number of hydrogen-bond donors (Lipinski definition) is 1. The zero-order valence-electron chi connectivity index (χ0n) is 15.0. The Morgan fingerprint density at radius 2 is 2.26 bits per heavy atom. The predicted octanol–water partition coefficient (Wildman–Crippen LogP) is 1.74. The Labute approximate surface area is 162 Å². The zero-order chi connectivity index (χ0) is 19.4. The number of carbonyl (C=O) groups is 1. The monoisotopic (exact) mass is 411 g/mol. The summed E-state index contributed by atoms with van der Waals surface area (Å²) in [5, 5.41) is 10.4. The Morgan fingerprint density at radius 1 is 1.44 bits per heavy atom. The molecule has 0 unspecified atom stereocenters. The Kier molecular flexibility index (Phi) is 6.05. The summed E-state index contributed by atoms with van der Waals surface area (Å²) >= 11 is 1.12. The van der Waals surface area contributed by atoms with Gasteiger partial charge in [0.05, 0.1) is 16.8 Å². The van der Waals surface area contributed by atoms with Crippen LogP contribution in [0.5, 0.6) is 5.75 Å². The van der Waals surface area contributed by atoms with Gasteiger partial charge in [-0.25, -0.2) is 8.42 Å². The molecule has 0 bridgehead atoms. The molecule has 0 aliphatic carbocycles. The maximum atomic E-state index is 12.2. The van der Waals surface area contributed by atoms with Crippen LogP contribution < -0.4 is 10.1 Å². The van der Waals surface area contributed by atoms with Crippen molar-refractivity contribution in [1.29, 1.82) is 0 Å². The molecule has 146 valence electrons. The molecule has 1 saturated heterocycles. The van der Waals surface area contributed by atoms with Crippen LogP contribution in [-0.4, -0.2) is 47.3 Å². The van der Waals surface area contributed by atoms with Crippen molar-refractivity contribution in [3.63, 3.8) is 0 Å². The summed E-state index contributed by atoms with van der Waals surface area (Å²) < 4.78 is 34.0. The van der Waals surface area contributed by atoms with Gasteiger partial charge in [-0.3, -0.25) is 4.79 Å². The number of ether oxygens (including phenoxy) is 1. The minimum absolute atomic E-state index is 0.00285. The lowest BCUT2D eigenvalue weighted by Crippen LogP contribution is -2.39. The van der Waals surface area contributed by atoms with Crippen molar-refractivity contribution < 1.29 is 22.4 Å². The maximum Gasteiger partial charge on any atom is 0.277 e. The molecule has 27 heavy (non-hydrogen) atoms. The van der Waals surface area contributed by atoms with Gasteiger partial charge in [-0.2, -0.15) is 0 Å². The van der Waals surface area contributed by atoms with Gasteiger partial charge >= 0.3 is 0 Å². The fraction of sp³-hybridized carbons (Fsp3) is 0.471. The average molecular weight is 412 g/mol. The molecule has 1 N–H and O–H groups in total. The van der Waals surface area contributed by atoms with E-state index in [4.69, 9.17) is 9.15 Å². The van der Waals surface area contributed by atoms with E-state index in [0.29, 0.717) is 18.1 Å². The number of amides is 1. The molecule has 3 rings (SSSR count). The number of carbonyl (C=O) groups excluding carboxylic acids is 1. The van der Waals surface area contributed by atoms with Gasteiger partial charge in [0.1, 0.15) is 5.75 Å². The third-order valence-electron chi connectivity index (χ3n) is 4.03. The van der Waals surface area contributed by atoms with Crippen molar-refractivity contribution in [3.05, 3.63) is 35.7 Å². The minimum Gasteiger partial charge on any atom is -0.484 e. The molecule has 2 heterocycles. The van der Waals surface area contributed by atoms with Crippen molar-refractivity contribution in [2.75, 3.05) is 11.5 Å². The summed E-state index contributed by atoms with van der Waals surface area (Å²) in [7, 11) is -3.03. The largest absolute Gasteiger partial charge is 0.484 e. The molecule has 2 aromatic rings. The number of thioether (sulfide) groups is 1. The molecule has 1 amide bonds. The fourth-order valence-electron chi connectivity index (χ4n) is 2.63. The van der Waals surface area contributed by atoms with E-state index < -0.39 is 15.1 Å². The third kappa shape index (κ3) is 5.70. The maximum absolute atomic E-state index is 12.2. The number of aromatic nitrogens is 2. The predicted molar refractivity (Wildman–Crippen MR) is 100 cm³/mol. The first-order valence-corrected chi connectivity index (χ1v) is 11.2. The highest BCUT2D eigenvalue weighted by atomic mass is 32.2. The smallest absolute Gasteiger partial charge is 0.277 e. The van der Waals surface area contributed by atoms with Crippen molar-refractivity contribution >= 4 is 27.5 Å². The van der Waals surface area contributed by atoms with Crippen LogP contribution in [0.15, 0.2) is 33.9 Å². The molecule has 1 aromatic carbocycles. The van der Waals surface area contributed by atoms with Gasteiger partial charge in [-0.05, 0) is 38.0 Å². The van der Waals surface area contributed by atoms with E-state index in [0.717, 1.165) is 17.3 Å². The van der Waals surface area contributed by atoms with Gasteiger partial charge in [0.2, 0.25) is 5.91 Å². The van der Waals surface area contributed by atoms with Crippen LogP contribution in [0.1, 0.15) is 24.8 Å². The number of sulfone groups is 1. The molecule has 1 aliphatic rings. The number of nitrogens with one attached hydrogen (secondary N) is 1. The van der Waals surface area contributed by atoms with Crippen molar-refractivity contribution in [1.82, 2.24) is 15.5 Å². The lowest BCUT2D eigenvalue weighted by Gasteiger charge is -2.14. The molecule has 0 saturated carbocycles. The SMILES string of the molecule is Cc1cccc(OCc2nnc(S[C@@H](C)C(=O)N[C@H]3CCS(=O)(=O)C3)o2)c1. The van der Waals surface area contributed by atoms with Crippen molar-refractivity contribution in [3.8, 4) is 5.75 Å². The Balaban J connectivity index is 1.48. The van der Waals surface area contributed by atoms with E-state index in [2.05, 4.69) is 15.5 Å². The molecule has 1 fully saturated rings. The summed E-state index contributed by atoms with van der Waals surface area (Å²) in [6.45, 7) is 3.82. The molecule has 0 radical (unpaired) electrons. The Bertz CT molecular complexity index is 913. The molecule has 10 heteroatoms. The molecule has 8 nitrogen and oxygen atoms in total. The number of hydrogen-bond acceptors (Lipinski definition) is 8. The summed E-state index contributed by atoms with van der Waals surface area (Å²) in [4.78, 5) is 12.2. The zero-order valence-corrected chi connectivity index (χ0v) is 16.7. The van der Waals surface area contributed by atoms with E-state index in [-0.39, 0.29) is 35.3 Å². The minimum atomic E-state index is -3.03. The van der Waals surface area contributed by atoms with Crippen LogP contribution in [0.2, 0.25) is 0 Å². The molecular formula is C17H21N3O5S2. The number of rotatable bonds is 7. The standard InChI is InChI=1S/C17H21N3O5S2/c1-11-4-3-5-14(8-11)24-9-15-19-20-17(25-15)26-12(2)16(21)18-13-6-7-27(22,23)10-13/h3-5,8,12-13H,6-7,9-10H2,1-2H3,(H,18,21)/t12-,13-/m0/s1. The lowest BCUT2D eigenvalue weighted by molar-refractivity contribution is -0.120. The molecule has 2 atom stereocenters. The average Bonchev–Trinajstić information content (AvgIpc) is 3.19. The lowest BCUT2D eigenvalue weighted by atomic mass is 10.2. The first-order valence-electron chi connectivity index (χ1n) is 8.50. The van der Waals surface area contributed by atoms with Crippen molar-refractivity contribution in [2.24, 2.45) is 0 Å². The van der Waals surface area contributed by atoms with Crippen molar-refractivity contribution in [2.45, 2.75) is 43.4 Å². The normalized spacial score (nSPS) is 19.6. The third-order valence-corrected chi connectivity index (χ3v) is 6.73. The van der Waals surface area contributed by atoms with Crippen LogP contribution in [0.4, 0.5) is 0 Å². The first-order chi connectivity index (χ1) is 12.8. The molecule has 1 aliphatic heterocycles. The highest BCUT2D eigenvalue weighted by molar-refractivity contribution is 8.00. The van der Waals surface area contributed by atoms with E-state index in [9.17, 15) is 13.2 Å². The molecule has 0 spiro atoms. The van der Waals surface area contributed by atoms with Gasteiger partial charge in [-0.15, -0.1) is 10.2 Å². The highest BCUT2D eigenvalue weighted by Gasteiger charge is 2.30. The fourth-order valence-corrected chi connectivity index (χ4v) is 5.01. The van der Waals surface area contributed by atoms with Crippen LogP contribution in [0.3, 0.4) is 0 Å². The van der Waals surface area contributed by atoms with Crippen LogP contribution >= 0.6 is 11.8 Å². The van der Waals surface area contributed by atoms with Gasteiger partial charge in [0, 0.05) is 6.04 Å². The van der Waals surface area contributed by atoms with Gasteiger partial charge in [-0.1, -0.05) is 23.9 Å². The summed E-state index contributed by atoms with van der Waals surface area (Å²) in [5.74, 6) is 0.887. The highest BCUT2D eigenvalue weighted by Crippen LogP contribution is 2.23. The van der Waals surface area contributed by atoms with Crippen LogP contribution in [-0.2, 0) is 21.2 Å². The van der Waals surface area contributed by atoms with Gasteiger partial charge in [0.15, 0.2) is 16.4 Å². The number of aryl methyl sites for hydroxylation is 1. The molecular weight excluding hydrogens is 390 g/mol. The summed E-state index contributed by atoms with van der Waals surface area (Å²) in [6, 6.07) is 7.29. The second-order valence-electron chi connectivity index (χ2n) is 6.44. The van der Waals surface area contributed by atoms with Crippen LogP contribution in [0.25, 0.3) is 0 Å². The molecule has 1 aromatic heterocycles. The summed E-state index contributed by atoms with van der Waals surface area (Å²) in [6.07, 6.45) is 0.451. The second-order valence-corrected chi connectivity index (χ2v) is 9.96. The van der Waals surface area contributed by atoms with Gasteiger partial charge in [0.25, 0.3) is 11.1 Å². The summed E-state index contributed by atoms with van der Waals surface area (Å²) in [5.41, 5.74) is 1.09. The topological polar surface area (TPSA) is 111 Å². The first kappa shape index (κ1) is 19.7. The van der Waals surface area contributed by atoms with Gasteiger partial charge < -0.3 is 14.5 Å². The Hall–Kier alpha value is -2.07. The van der Waals surface area contributed by atoms with E-state index >= 15 is 0 Å². The van der Waals surface area contributed by atoms with Crippen LogP contribution in [0, 0.1) is 6.92 Å². The second kappa shape index (κ2) is 8.30. The Morgan fingerprint density at radius 3 is 2.96 bits per heavy atom. The number of nitrogens with zero attached hydrogens (tertiary/aromatic N) is 2. The number of benzene rings is 1. The van der Waals surface area contributed by atoms with E-state index in [1.54, 1.807) is 6.92 Å². The quantitative estimate of drug-likeness (QED) is 0.686.